The molecule has 12 heterocycles. The number of esters is 2. The number of thiophene rings is 2. The predicted octanol–water partition coefficient (Wildman–Crippen LogP) is 17.1. The van der Waals surface area contributed by atoms with E-state index in [9.17, 15) is 0 Å². The van der Waals surface area contributed by atoms with Crippen LogP contribution in [0.1, 0.15) is 168 Å². The first-order valence-electron chi connectivity index (χ1n) is 47.1. The normalized spacial score (nSPS) is 21.5. The molecule has 10 aliphatic rings. The summed E-state index contributed by atoms with van der Waals surface area (Å²) in [5.74, 6) is -3.28. The first kappa shape index (κ1) is 90.1. The zero-order chi connectivity index (χ0) is 92.4. The Morgan fingerprint density at radius 3 is 0.739 bits per heavy atom. The molecule has 10 atom stereocenters. The number of epoxide rings is 8. The second kappa shape index (κ2) is 36.3. The van der Waals surface area contributed by atoms with Crippen LogP contribution < -0.4 is 18.9 Å². The van der Waals surface area contributed by atoms with Gasteiger partial charge in [-0.1, -0.05) is 130 Å². The molecule has 0 bridgehead atoms. The minimum Gasteiger partial charge on any atom is -0.464 e. The van der Waals surface area contributed by atoms with Crippen molar-refractivity contribution in [1.82, 2.24) is 29.4 Å². The van der Waals surface area contributed by atoms with Gasteiger partial charge in [0.2, 0.25) is 0 Å². The molecule has 9 aromatic carbocycles. The molecule has 0 N–H and O–H groups in total. The van der Waals surface area contributed by atoms with Crippen LogP contribution in [0.3, 0.4) is 0 Å². The molecule has 0 aliphatic carbocycles. The van der Waals surface area contributed by atoms with Crippen LogP contribution in [0.4, 0.5) is 0 Å². The summed E-state index contributed by atoms with van der Waals surface area (Å²) in [6, 6.07) is 41.9. The lowest BCUT2D eigenvalue weighted by molar-refractivity contribution is -0.149. The third kappa shape index (κ3) is 19.2. The third-order valence-electron chi connectivity index (χ3n) is 27.3. The van der Waals surface area contributed by atoms with Gasteiger partial charge in [-0.3, -0.25) is 48.6 Å². The molecule has 11 aromatic rings. The number of hydrogen-bond acceptors (Lipinski definition) is 26. The number of hydrogen-bond donors (Lipinski definition) is 0. The molecular formula is C106H114N6O20S2. The highest BCUT2D eigenvalue weighted by Gasteiger charge is 2.50. The lowest BCUT2D eigenvalue weighted by Gasteiger charge is -2.35. The summed E-state index contributed by atoms with van der Waals surface area (Å²) < 4.78 is 88.9. The Hall–Kier alpha value is -10.4. The van der Waals surface area contributed by atoms with Gasteiger partial charge >= 0.3 is 11.9 Å². The van der Waals surface area contributed by atoms with Crippen LogP contribution in [0.2, 0.25) is 0 Å². The highest BCUT2D eigenvalue weighted by atomic mass is 32.1. The zero-order valence-corrected chi connectivity index (χ0v) is 79.1. The monoisotopic (exact) mass is 1850 g/mol. The fraction of sp³-hybridized carbons (Fsp3) is 0.453. The summed E-state index contributed by atoms with van der Waals surface area (Å²) in [6.07, 6.45) is 2.10. The fourth-order valence-electron chi connectivity index (χ4n) is 20.0. The van der Waals surface area contributed by atoms with E-state index < -0.39 is 69.3 Å². The lowest BCUT2D eigenvalue weighted by atomic mass is 9.80. The highest BCUT2D eigenvalue weighted by molar-refractivity contribution is 7.10. The molecule has 700 valence electrons. The SMILES string of the molecule is CCCOC(=O)C(c1cccs1)N1C(=O)c2cc(Oc3ccc(C(C)(C)CN(CC4CO4)CC4CO4)cc3)c3c4c(Oc5ccc(C(C)(C)CN(CC6CO6)CC6CO6)cc5)cc5c6c(cc(Oc7ccc(C(C)(C)CN(CC8CO8)CC8CO8)cc7)c(c7c(Oc8ccc(C(C)(C)CN(CC9CO9)CC9CO9)cc8)cc(c2c37)C1=O)c64)C(=O)N(C(C(=O)OCCC)c1cccs1)C5=O. The van der Waals surface area contributed by atoms with E-state index in [1.54, 1.807) is 59.3 Å². The molecule has 21 rings (SSSR count). The molecule has 0 spiro atoms. The van der Waals surface area contributed by atoms with Gasteiger partial charge in [0.05, 0.1) is 137 Å². The Labute approximate surface area is 787 Å². The summed E-state index contributed by atoms with van der Waals surface area (Å²) in [4.78, 5) is 111. The van der Waals surface area contributed by atoms with Crippen molar-refractivity contribution in [2.45, 2.75) is 165 Å². The standard InChI is InChI=1S/C106H114N6O20S2/c1-11-33-119-101(117)95(85-15-13-35-133-85)111-97(113)77-37-81(129-65-25-17-61(18-26-65)103(3,4)57-107(41-69-49-121-69)42-70-50-122-70)89-91-83(131-67-29-21-63(22-30-67)105(7,8)59-109(45-73-53-125-73)46-74-54-126-74)39-79-88-80(100(116)112(99(79)115)96(86-16-14-36-134-86)102(118)120-34-12-2)40-84(132-68-31-23-64(24-32-68)106(9,10)60-110(47-75-55-127-75)48-76-56-128-76)92(94(88)91)90-82(38-78(98(111)114)87(77)93(89)90)130-66-27-19-62(20-28-66)104(5,6)58-108(43-71-51-123-71)44-72-52-124-72/h13-32,35-40,69-76,95-96H,11-12,33-34,41-60H2,1-10H3. The second-order valence-corrected chi connectivity index (χ2v) is 42.2. The van der Waals surface area contributed by atoms with E-state index in [2.05, 4.69) is 75.0 Å². The van der Waals surface area contributed by atoms with Crippen molar-refractivity contribution in [3.63, 3.8) is 0 Å². The number of fused-ring (bicyclic) bond motifs is 2. The molecule has 4 amide bonds. The summed E-state index contributed by atoms with van der Waals surface area (Å²) in [7, 11) is 0. The summed E-state index contributed by atoms with van der Waals surface area (Å²) in [6.45, 7) is 36.0. The van der Waals surface area contributed by atoms with Crippen LogP contribution in [0.5, 0.6) is 46.0 Å². The van der Waals surface area contributed by atoms with Crippen LogP contribution in [0.15, 0.2) is 156 Å². The van der Waals surface area contributed by atoms with Crippen molar-refractivity contribution in [3.05, 3.63) is 211 Å². The molecule has 0 saturated carbocycles. The quantitative estimate of drug-likeness (QED) is 0.0113. The smallest absolute Gasteiger partial charge is 0.334 e. The number of rotatable bonds is 46. The van der Waals surface area contributed by atoms with Gasteiger partial charge in [0.25, 0.3) is 23.6 Å². The molecule has 26 nitrogen and oxygen atoms in total. The molecule has 0 radical (unpaired) electrons. The van der Waals surface area contributed by atoms with Crippen LogP contribution in [-0.4, -0.2) is 258 Å². The van der Waals surface area contributed by atoms with Gasteiger partial charge in [0.1, 0.15) is 46.0 Å². The van der Waals surface area contributed by atoms with E-state index in [0.29, 0.717) is 125 Å². The summed E-state index contributed by atoms with van der Waals surface area (Å²) in [5, 5.41) is 5.53. The number of carbonyl (C=O) groups is 6. The van der Waals surface area contributed by atoms with Gasteiger partial charge in [-0.15, -0.1) is 22.7 Å². The Morgan fingerprint density at radius 2 is 0.552 bits per heavy atom. The van der Waals surface area contributed by atoms with E-state index >= 15 is 28.8 Å². The minimum absolute atomic E-state index is 0.00493. The Balaban J connectivity index is 0.822. The Bertz CT molecular complexity index is 5530. The van der Waals surface area contributed by atoms with E-state index in [1.165, 1.54) is 22.7 Å². The molecule has 10 unspecified atom stereocenters. The van der Waals surface area contributed by atoms with Crippen LogP contribution in [0.25, 0.3) is 43.1 Å². The maximum absolute atomic E-state index is 17.0. The van der Waals surface area contributed by atoms with Crippen molar-refractivity contribution in [1.29, 1.82) is 0 Å². The number of amides is 4. The van der Waals surface area contributed by atoms with Crippen LogP contribution in [0, 0.1) is 0 Å². The number of carbonyl (C=O) groups excluding carboxylic acids is 6. The summed E-state index contributed by atoms with van der Waals surface area (Å²) >= 11 is 2.42. The highest BCUT2D eigenvalue weighted by Crippen LogP contribution is 2.59. The minimum atomic E-state index is -1.57. The van der Waals surface area contributed by atoms with Crippen molar-refractivity contribution >= 4 is 101 Å². The van der Waals surface area contributed by atoms with E-state index in [4.69, 9.17) is 66.3 Å². The van der Waals surface area contributed by atoms with E-state index in [0.717, 1.165) is 84.4 Å². The number of imide groups is 2. The zero-order valence-electron chi connectivity index (χ0n) is 77.4. The number of ether oxygens (including phenoxy) is 14. The average Bonchev–Trinajstić information content (AvgIpc) is 1.01. The largest absolute Gasteiger partial charge is 0.464 e. The fourth-order valence-corrected chi connectivity index (χ4v) is 21.6. The van der Waals surface area contributed by atoms with Gasteiger partial charge in [0.15, 0.2) is 12.1 Å². The van der Waals surface area contributed by atoms with Gasteiger partial charge < -0.3 is 66.3 Å². The van der Waals surface area contributed by atoms with Crippen molar-refractivity contribution in [2.24, 2.45) is 0 Å². The first-order chi connectivity index (χ1) is 64.7. The predicted molar refractivity (Wildman–Crippen MR) is 507 cm³/mol. The van der Waals surface area contributed by atoms with Crippen LogP contribution in [-0.2, 0) is 78.6 Å². The van der Waals surface area contributed by atoms with E-state index in [-0.39, 0.29) is 150 Å². The first-order valence-corrected chi connectivity index (χ1v) is 48.9. The Kier molecular flexibility index (Phi) is 24.4. The maximum Gasteiger partial charge on any atom is 0.334 e. The van der Waals surface area contributed by atoms with Crippen molar-refractivity contribution < 1.29 is 95.1 Å². The molecule has 2 aromatic heterocycles. The molecule has 8 saturated heterocycles. The second-order valence-electron chi connectivity index (χ2n) is 40.3. The summed E-state index contributed by atoms with van der Waals surface area (Å²) in [5.41, 5.74) is 2.28. The number of benzene rings is 9. The average molecular weight is 1860 g/mol. The van der Waals surface area contributed by atoms with Crippen molar-refractivity contribution in [3.8, 4) is 46.0 Å². The van der Waals surface area contributed by atoms with Gasteiger partial charge in [0, 0.05) is 153 Å². The topological polar surface area (TPSA) is 277 Å². The Morgan fingerprint density at radius 1 is 0.336 bits per heavy atom. The maximum atomic E-state index is 17.0. The van der Waals surface area contributed by atoms with Gasteiger partial charge in [-0.2, -0.15) is 0 Å². The van der Waals surface area contributed by atoms with Crippen LogP contribution >= 0.6 is 22.7 Å². The molecule has 10 aliphatic heterocycles. The van der Waals surface area contributed by atoms with Crippen molar-refractivity contribution in [2.75, 3.05) is 145 Å². The van der Waals surface area contributed by atoms with Gasteiger partial charge in [-0.25, -0.2) is 9.59 Å². The molecule has 134 heavy (non-hydrogen) atoms. The molecular weight excluding hydrogens is 1740 g/mol. The van der Waals surface area contributed by atoms with Gasteiger partial charge in [-0.05, 0) is 131 Å². The lowest BCUT2D eigenvalue weighted by Crippen LogP contribution is -2.46. The molecule has 8 fully saturated rings. The third-order valence-corrected chi connectivity index (χ3v) is 29.1. The molecule has 28 heteroatoms. The van der Waals surface area contributed by atoms with E-state index in [1.807, 2.05) is 111 Å². The number of nitrogens with zero attached hydrogens (tertiary/aromatic N) is 6.